The Balaban J connectivity index is 2.11. The van der Waals surface area contributed by atoms with Gasteiger partial charge >= 0.3 is 0 Å². The molecule has 1 aliphatic heterocycles. The summed E-state index contributed by atoms with van der Waals surface area (Å²) in [5, 5.41) is 4.14. The van der Waals surface area contributed by atoms with Crippen molar-refractivity contribution in [1.29, 1.82) is 0 Å². The van der Waals surface area contributed by atoms with Gasteiger partial charge in [0.05, 0.1) is 4.90 Å². The van der Waals surface area contributed by atoms with E-state index >= 15 is 0 Å². The standard InChI is InChI=1S/C9H8N4S/c1-2-4-9-8(3-1)11-12-14(9)13-6-5-10-7-13/h1-7,14H. The summed E-state index contributed by atoms with van der Waals surface area (Å²) >= 11 is -0.707. The average molecular weight is 204 g/mol. The molecule has 3 rings (SSSR count). The zero-order chi connectivity index (χ0) is 9.38. The Kier molecular flexibility index (Phi) is 1.63. The van der Waals surface area contributed by atoms with Gasteiger partial charge in [-0.05, 0) is 23.4 Å². The number of fused-ring (bicyclic) bond motifs is 1. The number of nitrogens with zero attached hydrogens (tertiary/aromatic N) is 4. The van der Waals surface area contributed by atoms with Crippen LogP contribution in [0.15, 0.2) is 57.5 Å². The Hall–Kier alpha value is -1.62. The van der Waals surface area contributed by atoms with Crippen molar-refractivity contribution in [2.45, 2.75) is 4.90 Å². The quantitative estimate of drug-likeness (QED) is 0.713. The predicted molar refractivity (Wildman–Crippen MR) is 55.8 cm³/mol. The lowest BCUT2D eigenvalue weighted by molar-refractivity contribution is 1.20. The van der Waals surface area contributed by atoms with Gasteiger partial charge in [0.15, 0.2) is 0 Å². The molecule has 0 radical (unpaired) electrons. The number of benzene rings is 1. The van der Waals surface area contributed by atoms with Crippen LogP contribution < -0.4 is 0 Å². The van der Waals surface area contributed by atoms with Crippen LogP contribution in [-0.2, 0) is 0 Å². The van der Waals surface area contributed by atoms with Gasteiger partial charge < -0.3 is 0 Å². The van der Waals surface area contributed by atoms with Crippen LogP contribution in [-0.4, -0.2) is 8.96 Å². The Morgan fingerprint density at radius 1 is 1.21 bits per heavy atom. The van der Waals surface area contributed by atoms with Crippen LogP contribution in [0.5, 0.6) is 0 Å². The highest BCUT2D eigenvalue weighted by molar-refractivity contribution is 8.14. The third kappa shape index (κ3) is 1.06. The molecular weight excluding hydrogens is 196 g/mol. The number of aromatic nitrogens is 2. The molecule has 2 heterocycles. The van der Waals surface area contributed by atoms with E-state index in [0.717, 1.165) is 5.69 Å². The fraction of sp³-hybridized carbons (Fsp3) is 0. The van der Waals surface area contributed by atoms with Crippen molar-refractivity contribution in [3.8, 4) is 0 Å². The first-order chi connectivity index (χ1) is 6.95. The summed E-state index contributed by atoms with van der Waals surface area (Å²) < 4.78 is 6.26. The molecule has 1 aliphatic rings. The first kappa shape index (κ1) is 7.75. The molecular formula is C9H8N4S. The molecule has 4 nitrogen and oxygen atoms in total. The molecule has 0 fully saturated rings. The lowest BCUT2D eigenvalue weighted by Crippen LogP contribution is -1.87. The summed E-state index contributed by atoms with van der Waals surface area (Å²) in [6.07, 6.45) is 5.47. The van der Waals surface area contributed by atoms with Crippen LogP contribution >= 0.6 is 11.3 Å². The third-order valence-electron chi connectivity index (χ3n) is 2.04. The summed E-state index contributed by atoms with van der Waals surface area (Å²) in [7, 11) is 0. The Morgan fingerprint density at radius 2 is 2.14 bits per heavy atom. The molecule has 5 heteroatoms. The number of imidazole rings is 1. The molecule has 1 aromatic carbocycles. The van der Waals surface area contributed by atoms with Gasteiger partial charge in [0.1, 0.15) is 12.0 Å². The van der Waals surface area contributed by atoms with E-state index in [0.29, 0.717) is 0 Å². The molecule has 1 atom stereocenters. The van der Waals surface area contributed by atoms with Crippen molar-refractivity contribution in [3.63, 3.8) is 0 Å². The van der Waals surface area contributed by atoms with Gasteiger partial charge in [-0.1, -0.05) is 12.1 Å². The summed E-state index contributed by atoms with van der Waals surface area (Å²) in [5.41, 5.74) is 0.979. The molecule has 0 amide bonds. The van der Waals surface area contributed by atoms with Crippen molar-refractivity contribution in [3.05, 3.63) is 43.0 Å². The Labute approximate surface area is 83.9 Å². The molecule has 0 saturated carbocycles. The second kappa shape index (κ2) is 2.95. The van der Waals surface area contributed by atoms with Crippen LogP contribution in [0.4, 0.5) is 5.69 Å². The molecule has 0 aliphatic carbocycles. The predicted octanol–water partition coefficient (Wildman–Crippen LogP) is 2.72. The van der Waals surface area contributed by atoms with E-state index in [9.17, 15) is 0 Å². The molecule has 0 N–H and O–H groups in total. The molecule has 0 bridgehead atoms. The van der Waals surface area contributed by atoms with E-state index in [1.807, 2.05) is 28.4 Å². The molecule has 0 spiro atoms. The second-order valence-electron chi connectivity index (χ2n) is 2.91. The number of thiol groups is 1. The first-order valence-corrected chi connectivity index (χ1v) is 5.49. The number of rotatable bonds is 1. The van der Waals surface area contributed by atoms with Crippen molar-refractivity contribution < 1.29 is 0 Å². The summed E-state index contributed by atoms with van der Waals surface area (Å²) in [5.74, 6) is 0. The van der Waals surface area contributed by atoms with E-state index in [1.54, 1.807) is 12.5 Å². The van der Waals surface area contributed by atoms with Crippen LogP contribution in [0, 0.1) is 0 Å². The highest BCUT2D eigenvalue weighted by atomic mass is 32.2. The van der Waals surface area contributed by atoms with E-state index in [-0.39, 0.29) is 0 Å². The maximum absolute atomic E-state index is 4.26. The molecule has 1 unspecified atom stereocenters. The average Bonchev–Trinajstić information content (AvgIpc) is 2.85. The van der Waals surface area contributed by atoms with Gasteiger partial charge in [0, 0.05) is 12.4 Å². The number of hydrogen-bond acceptors (Lipinski definition) is 3. The highest BCUT2D eigenvalue weighted by Crippen LogP contribution is 2.49. The van der Waals surface area contributed by atoms with Gasteiger partial charge in [0.25, 0.3) is 0 Å². The van der Waals surface area contributed by atoms with Crippen molar-refractivity contribution in [2.24, 2.45) is 9.63 Å². The van der Waals surface area contributed by atoms with Gasteiger partial charge in [-0.25, -0.2) is 4.98 Å². The smallest absolute Gasteiger partial charge is 0.105 e. The molecule has 1 aromatic heterocycles. The topological polar surface area (TPSA) is 42.5 Å². The monoisotopic (exact) mass is 204 g/mol. The molecule has 2 aromatic rings. The molecule has 14 heavy (non-hydrogen) atoms. The SMILES string of the molecule is c1ccc2c(c1)N=N[SH]2n1ccnc1. The third-order valence-corrected chi connectivity index (χ3v) is 3.79. The zero-order valence-electron chi connectivity index (χ0n) is 7.28. The minimum Gasteiger partial charge on any atom is -0.278 e. The maximum atomic E-state index is 4.26. The normalized spacial score (nSPS) is 21.0. The van der Waals surface area contributed by atoms with E-state index in [4.69, 9.17) is 0 Å². The van der Waals surface area contributed by atoms with Gasteiger partial charge in [-0.15, -0.1) is 9.63 Å². The van der Waals surface area contributed by atoms with Crippen molar-refractivity contribution in [2.75, 3.05) is 0 Å². The fourth-order valence-corrected chi connectivity index (χ4v) is 2.90. The minimum absolute atomic E-state index is 0.707. The van der Waals surface area contributed by atoms with Gasteiger partial charge in [-0.2, -0.15) is 0 Å². The van der Waals surface area contributed by atoms with Crippen LogP contribution in [0.3, 0.4) is 0 Å². The van der Waals surface area contributed by atoms with Crippen LogP contribution in [0.25, 0.3) is 0 Å². The van der Waals surface area contributed by atoms with E-state index < -0.39 is 11.3 Å². The van der Waals surface area contributed by atoms with Crippen molar-refractivity contribution in [1.82, 2.24) is 8.96 Å². The first-order valence-electron chi connectivity index (χ1n) is 4.24. The summed E-state index contributed by atoms with van der Waals surface area (Å²) in [4.78, 5) is 5.21. The Bertz CT molecular complexity index is 477. The maximum Gasteiger partial charge on any atom is 0.105 e. The minimum atomic E-state index is -0.707. The summed E-state index contributed by atoms with van der Waals surface area (Å²) in [6, 6.07) is 8.05. The lowest BCUT2D eigenvalue weighted by atomic mass is 10.3. The van der Waals surface area contributed by atoms with Crippen LogP contribution in [0.2, 0.25) is 0 Å². The van der Waals surface area contributed by atoms with Gasteiger partial charge in [-0.3, -0.25) is 3.97 Å². The number of hydrogen-bond donors (Lipinski definition) is 1. The van der Waals surface area contributed by atoms with Gasteiger partial charge in [0.2, 0.25) is 0 Å². The lowest BCUT2D eigenvalue weighted by Gasteiger charge is -2.12. The van der Waals surface area contributed by atoms with E-state index in [2.05, 4.69) is 20.7 Å². The van der Waals surface area contributed by atoms with Crippen LogP contribution in [0.1, 0.15) is 0 Å². The zero-order valence-corrected chi connectivity index (χ0v) is 8.17. The molecule has 70 valence electrons. The van der Waals surface area contributed by atoms with E-state index in [1.165, 1.54) is 4.90 Å². The fourth-order valence-electron chi connectivity index (χ4n) is 1.39. The molecule has 0 saturated heterocycles. The second-order valence-corrected chi connectivity index (χ2v) is 4.61. The largest absolute Gasteiger partial charge is 0.278 e. The summed E-state index contributed by atoms with van der Waals surface area (Å²) in [6.45, 7) is 0. The highest BCUT2D eigenvalue weighted by Gasteiger charge is 2.16. The van der Waals surface area contributed by atoms with Crippen molar-refractivity contribution >= 4 is 17.0 Å². The Morgan fingerprint density at radius 3 is 3.00 bits per heavy atom.